The first-order valence-electron chi connectivity index (χ1n) is 9.49. The maximum atomic E-state index is 12.4. The van der Waals surface area contributed by atoms with Crippen LogP contribution in [0.3, 0.4) is 0 Å². The zero-order valence-electron chi connectivity index (χ0n) is 16.9. The van der Waals surface area contributed by atoms with Crippen LogP contribution in [0, 0.1) is 5.41 Å². The molecule has 0 aliphatic carbocycles. The van der Waals surface area contributed by atoms with Crippen LogP contribution >= 0.6 is 11.6 Å². The average Bonchev–Trinajstić information content (AvgIpc) is 2.72. The summed E-state index contributed by atoms with van der Waals surface area (Å²) < 4.78 is 0. The van der Waals surface area contributed by atoms with Crippen LogP contribution in [0.1, 0.15) is 40.9 Å². The molecule has 1 atom stereocenters. The number of carboxylic acid groups (broad SMARTS) is 1. The first-order valence-corrected chi connectivity index (χ1v) is 9.86. The van der Waals surface area contributed by atoms with E-state index in [0.717, 1.165) is 11.1 Å². The van der Waals surface area contributed by atoms with Gasteiger partial charge < -0.3 is 26.8 Å². The van der Waals surface area contributed by atoms with Gasteiger partial charge in [-0.15, -0.1) is 0 Å². The molecule has 0 bridgehead atoms. The molecule has 0 fully saturated rings. The Bertz CT molecular complexity index is 995. The minimum Gasteiger partial charge on any atom is -0.481 e. The van der Waals surface area contributed by atoms with E-state index in [9.17, 15) is 19.5 Å². The van der Waals surface area contributed by atoms with Gasteiger partial charge in [0.1, 0.15) is 0 Å². The first-order chi connectivity index (χ1) is 14.7. The Morgan fingerprint density at radius 2 is 1.90 bits per heavy atom. The highest BCUT2D eigenvalue weighted by Gasteiger charge is 2.20. The normalized spacial score (nSPS) is 11.3. The molecule has 0 saturated heterocycles. The van der Waals surface area contributed by atoms with Crippen LogP contribution < -0.4 is 21.7 Å². The molecule has 0 spiro atoms. The summed E-state index contributed by atoms with van der Waals surface area (Å²) in [7, 11) is 0. The lowest BCUT2D eigenvalue weighted by molar-refractivity contribution is -0.137. The van der Waals surface area contributed by atoms with Crippen LogP contribution in [0.4, 0.5) is 5.69 Å². The molecule has 2 aromatic rings. The van der Waals surface area contributed by atoms with Gasteiger partial charge in [-0.25, -0.2) is 0 Å². The summed E-state index contributed by atoms with van der Waals surface area (Å²) in [5.74, 6) is -2.45. The van der Waals surface area contributed by atoms with E-state index in [0.29, 0.717) is 6.42 Å². The third-order valence-corrected chi connectivity index (χ3v) is 4.76. The monoisotopic (exact) mass is 445 g/mol. The molecule has 164 valence electrons. The Balaban J connectivity index is 2.06. The van der Waals surface area contributed by atoms with Crippen molar-refractivity contribution < 1.29 is 19.5 Å². The molecule has 2 amide bonds. The summed E-state index contributed by atoms with van der Waals surface area (Å²) in [6, 6.07) is 10.9. The molecular formula is C21H24ClN5O4. The van der Waals surface area contributed by atoms with E-state index in [2.05, 4.69) is 16.0 Å². The van der Waals surface area contributed by atoms with Gasteiger partial charge in [-0.05, 0) is 35.7 Å². The maximum absolute atomic E-state index is 12.4. The van der Waals surface area contributed by atoms with Gasteiger partial charge in [-0.2, -0.15) is 0 Å². The smallest absolute Gasteiger partial charge is 0.305 e. The van der Waals surface area contributed by atoms with Gasteiger partial charge in [0.15, 0.2) is 5.96 Å². The second-order valence-electron chi connectivity index (χ2n) is 6.69. The lowest BCUT2D eigenvalue weighted by atomic mass is 9.96. The van der Waals surface area contributed by atoms with Crippen LogP contribution in [-0.2, 0) is 16.0 Å². The Kier molecular flexibility index (Phi) is 8.39. The SMILES string of the molecule is CCc1ccccc1C(CC(=O)O)NC(=O)CNC(=O)c1ccc(Cl)c(NC(=N)N)c1. The van der Waals surface area contributed by atoms with Gasteiger partial charge in [0.2, 0.25) is 5.91 Å². The number of halogens is 1. The highest BCUT2D eigenvalue weighted by Crippen LogP contribution is 2.23. The molecule has 7 N–H and O–H groups in total. The fourth-order valence-electron chi connectivity index (χ4n) is 3.02. The van der Waals surface area contributed by atoms with Crippen molar-refractivity contribution in [1.29, 1.82) is 5.41 Å². The molecule has 1 unspecified atom stereocenters. The minimum absolute atomic E-state index is 0.208. The Morgan fingerprint density at radius 3 is 2.55 bits per heavy atom. The third-order valence-electron chi connectivity index (χ3n) is 4.43. The lowest BCUT2D eigenvalue weighted by Gasteiger charge is -2.20. The zero-order valence-corrected chi connectivity index (χ0v) is 17.6. The molecule has 0 radical (unpaired) electrons. The molecule has 10 heteroatoms. The number of carbonyl (C=O) groups excluding carboxylic acids is 2. The van der Waals surface area contributed by atoms with Crippen molar-refractivity contribution in [2.45, 2.75) is 25.8 Å². The number of aliphatic carboxylic acids is 1. The summed E-state index contributed by atoms with van der Waals surface area (Å²) in [6.45, 7) is 1.60. The number of guanidine groups is 1. The Labute approximate surface area is 184 Å². The predicted molar refractivity (Wildman–Crippen MR) is 118 cm³/mol. The van der Waals surface area contributed by atoms with Crippen LogP contribution in [0.15, 0.2) is 42.5 Å². The fraction of sp³-hybridized carbons (Fsp3) is 0.238. The van der Waals surface area contributed by atoms with E-state index in [1.54, 1.807) is 12.1 Å². The van der Waals surface area contributed by atoms with Gasteiger partial charge in [-0.1, -0.05) is 42.8 Å². The van der Waals surface area contributed by atoms with Crippen molar-refractivity contribution in [2.24, 2.45) is 5.73 Å². The maximum Gasteiger partial charge on any atom is 0.305 e. The second-order valence-corrected chi connectivity index (χ2v) is 7.09. The molecule has 0 heterocycles. The van der Waals surface area contributed by atoms with Crippen LogP contribution in [0.2, 0.25) is 5.02 Å². The third kappa shape index (κ3) is 7.00. The fourth-order valence-corrected chi connectivity index (χ4v) is 3.19. The molecule has 0 aliphatic rings. The average molecular weight is 446 g/mol. The van der Waals surface area contributed by atoms with E-state index < -0.39 is 23.8 Å². The van der Waals surface area contributed by atoms with Gasteiger partial charge >= 0.3 is 5.97 Å². The largest absolute Gasteiger partial charge is 0.481 e. The van der Waals surface area contributed by atoms with E-state index >= 15 is 0 Å². The van der Waals surface area contributed by atoms with Crippen molar-refractivity contribution in [2.75, 3.05) is 11.9 Å². The number of hydrogen-bond acceptors (Lipinski definition) is 4. The molecular weight excluding hydrogens is 422 g/mol. The van der Waals surface area contributed by atoms with Crippen LogP contribution in [0.25, 0.3) is 0 Å². The summed E-state index contributed by atoms with van der Waals surface area (Å²) >= 11 is 6.00. The van der Waals surface area contributed by atoms with Crippen molar-refractivity contribution in [3.05, 3.63) is 64.2 Å². The summed E-state index contributed by atoms with van der Waals surface area (Å²) in [5, 5.41) is 24.5. The summed E-state index contributed by atoms with van der Waals surface area (Å²) in [5.41, 5.74) is 7.44. The number of amides is 2. The van der Waals surface area contributed by atoms with Crippen molar-refractivity contribution in [3.63, 3.8) is 0 Å². The molecule has 0 saturated carbocycles. The number of nitrogens with two attached hydrogens (primary N) is 1. The number of carboxylic acids is 1. The molecule has 31 heavy (non-hydrogen) atoms. The highest BCUT2D eigenvalue weighted by molar-refractivity contribution is 6.33. The number of carbonyl (C=O) groups is 3. The number of hydrogen-bond donors (Lipinski definition) is 6. The van der Waals surface area contributed by atoms with Crippen LogP contribution in [-0.4, -0.2) is 35.4 Å². The van der Waals surface area contributed by atoms with Crippen molar-refractivity contribution >= 4 is 41.0 Å². The lowest BCUT2D eigenvalue weighted by Crippen LogP contribution is -2.39. The van der Waals surface area contributed by atoms with Gasteiger partial charge in [-0.3, -0.25) is 19.8 Å². The number of benzene rings is 2. The Morgan fingerprint density at radius 1 is 1.19 bits per heavy atom. The van der Waals surface area contributed by atoms with E-state index in [1.165, 1.54) is 18.2 Å². The number of aryl methyl sites for hydroxylation is 1. The molecule has 2 aromatic carbocycles. The van der Waals surface area contributed by atoms with Gasteiger partial charge in [0, 0.05) is 5.56 Å². The van der Waals surface area contributed by atoms with Gasteiger partial charge in [0.05, 0.1) is 29.7 Å². The molecule has 0 aliphatic heterocycles. The van der Waals surface area contributed by atoms with Crippen molar-refractivity contribution in [3.8, 4) is 0 Å². The second kappa shape index (κ2) is 11.0. The Hall–Kier alpha value is -3.59. The van der Waals surface area contributed by atoms with E-state index in [-0.39, 0.29) is 35.2 Å². The standard InChI is InChI=1S/C21H24ClN5O4/c1-2-12-5-3-4-6-14(12)16(10-19(29)30)26-18(28)11-25-20(31)13-7-8-15(22)17(9-13)27-21(23)24/h3-9,16H,2,10-11H2,1H3,(H,25,31)(H,26,28)(H,29,30)(H4,23,24,27). The van der Waals surface area contributed by atoms with Crippen molar-refractivity contribution in [1.82, 2.24) is 10.6 Å². The molecule has 9 nitrogen and oxygen atoms in total. The van der Waals surface area contributed by atoms with Gasteiger partial charge in [0.25, 0.3) is 5.91 Å². The predicted octanol–water partition coefficient (Wildman–Crippen LogP) is 2.27. The minimum atomic E-state index is -1.05. The van der Waals surface area contributed by atoms with Crippen LogP contribution in [0.5, 0.6) is 0 Å². The quantitative estimate of drug-likeness (QED) is 0.256. The number of rotatable bonds is 9. The van der Waals surface area contributed by atoms with E-state index in [4.69, 9.17) is 22.7 Å². The topological polar surface area (TPSA) is 157 Å². The summed E-state index contributed by atoms with van der Waals surface area (Å²) in [4.78, 5) is 36.1. The first kappa shape index (κ1) is 23.7. The number of anilines is 1. The zero-order chi connectivity index (χ0) is 23.0. The highest BCUT2D eigenvalue weighted by atomic mass is 35.5. The van der Waals surface area contributed by atoms with E-state index in [1.807, 2.05) is 19.1 Å². The molecule has 2 rings (SSSR count). The summed E-state index contributed by atoms with van der Waals surface area (Å²) in [6.07, 6.45) is 0.403. The molecule has 0 aromatic heterocycles. The number of nitrogens with one attached hydrogen (secondary N) is 4.